The van der Waals surface area contributed by atoms with Gasteiger partial charge in [0.15, 0.2) is 0 Å². The van der Waals surface area contributed by atoms with Crippen molar-refractivity contribution in [2.24, 2.45) is 7.05 Å². The van der Waals surface area contributed by atoms with Crippen LogP contribution in [0.1, 0.15) is 12.0 Å². The maximum absolute atomic E-state index is 3.46. The number of aromatic nitrogens is 1. The molecular formula is C15H21N3. The topological polar surface area (TPSA) is 20.2 Å². The van der Waals surface area contributed by atoms with Crippen molar-refractivity contribution >= 4 is 10.9 Å². The van der Waals surface area contributed by atoms with Gasteiger partial charge in [-0.05, 0) is 31.1 Å². The SMILES string of the molecule is Cn1cc(CN2CCCNCC2)c2ccccc21. The minimum absolute atomic E-state index is 1.07. The molecule has 0 unspecified atom stereocenters. The van der Waals surface area contributed by atoms with E-state index in [9.17, 15) is 0 Å². The first-order valence-electron chi connectivity index (χ1n) is 6.80. The first-order valence-corrected chi connectivity index (χ1v) is 6.80. The van der Waals surface area contributed by atoms with Crippen LogP contribution in [0.25, 0.3) is 10.9 Å². The van der Waals surface area contributed by atoms with E-state index < -0.39 is 0 Å². The van der Waals surface area contributed by atoms with Gasteiger partial charge >= 0.3 is 0 Å². The first kappa shape index (κ1) is 11.8. The predicted octanol–water partition coefficient (Wildman–Crippen LogP) is 1.97. The van der Waals surface area contributed by atoms with Gasteiger partial charge in [-0.1, -0.05) is 18.2 Å². The molecule has 1 aromatic heterocycles. The van der Waals surface area contributed by atoms with Crippen LogP contribution in [-0.4, -0.2) is 35.6 Å². The summed E-state index contributed by atoms with van der Waals surface area (Å²) in [4.78, 5) is 2.56. The normalized spacial score (nSPS) is 18.1. The van der Waals surface area contributed by atoms with Gasteiger partial charge in [0.25, 0.3) is 0 Å². The maximum Gasteiger partial charge on any atom is 0.0481 e. The van der Waals surface area contributed by atoms with Crippen LogP contribution in [0.4, 0.5) is 0 Å². The fourth-order valence-electron chi connectivity index (χ4n) is 2.85. The molecule has 1 N–H and O–H groups in total. The summed E-state index contributed by atoms with van der Waals surface area (Å²) in [6, 6.07) is 8.68. The second kappa shape index (κ2) is 5.12. The fraction of sp³-hybridized carbons (Fsp3) is 0.467. The Morgan fingerprint density at radius 2 is 2.06 bits per heavy atom. The lowest BCUT2D eigenvalue weighted by molar-refractivity contribution is 0.285. The molecule has 1 aromatic carbocycles. The van der Waals surface area contributed by atoms with Crippen molar-refractivity contribution in [1.82, 2.24) is 14.8 Å². The van der Waals surface area contributed by atoms with Gasteiger partial charge in [0.1, 0.15) is 0 Å². The quantitative estimate of drug-likeness (QED) is 0.870. The molecule has 0 aliphatic carbocycles. The van der Waals surface area contributed by atoms with Crippen molar-refractivity contribution in [2.75, 3.05) is 26.2 Å². The van der Waals surface area contributed by atoms with E-state index in [0.717, 1.165) is 26.2 Å². The van der Waals surface area contributed by atoms with E-state index in [1.807, 2.05) is 0 Å². The van der Waals surface area contributed by atoms with Crippen molar-refractivity contribution < 1.29 is 0 Å². The van der Waals surface area contributed by atoms with Gasteiger partial charge in [-0.2, -0.15) is 0 Å². The summed E-state index contributed by atoms with van der Waals surface area (Å²) in [5, 5.41) is 4.86. The molecule has 1 aliphatic heterocycles. The Balaban J connectivity index is 1.85. The lowest BCUT2D eigenvalue weighted by Crippen LogP contribution is -2.27. The highest BCUT2D eigenvalue weighted by Crippen LogP contribution is 2.21. The summed E-state index contributed by atoms with van der Waals surface area (Å²) in [5.74, 6) is 0. The third-order valence-corrected chi connectivity index (χ3v) is 3.81. The molecule has 1 saturated heterocycles. The number of hydrogen-bond donors (Lipinski definition) is 1. The smallest absolute Gasteiger partial charge is 0.0481 e. The van der Waals surface area contributed by atoms with Crippen LogP contribution < -0.4 is 5.32 Å². The fourth-order valence-corrected chi connectivity index (χ4v) is 2.85. The monoisotopic (exact) mass is 243 g/mol. The van der Waals surface area contributed by atoms with Gasteiger partial charge in [0.2, 0.25) is 0 Å². The number of benzene rings is 1. The Kier molecular flexibility index (Phi) is 3.35. The molecule has 96 valence electrons. The highest BCUT2D eigenvalue weighted by atomic mass is 15.1. The number of nitrogens with zero attached hydrogens (tertiary/aromatic N) is 2. The molecule has 1 fully saturated rings. The summed E-state index contributed by atoms with van der Waals surface area (Å²) in [7, 11) is 2.13. The highest BCUT2D eigenvalue weighted by Gasteiger charge is 2.12. The van der Waals surface area contributed by atoms with Crippen molar-refractivity contribution in [2.45, 2.75) is 13.0 Å². The standard InChI is InChI=1S/C15H21N3/c1-17-11-13(14-5-2-3-6-15(14)17)12-18-9-4-7-16-8-10-18/h2-3,5-6,11,16H,4,7-10,12H2,1H3. The molecule has 0 amide bonds. The second-order valence-electron chi connectivity index (χ2n) is 5.16. The molecule has 18 heavy (non-hydrogen) atoms. The average molecular weight is 243 g/mol. The number of fused-ring (bicyclic) bond motifs is 1. The van der Waals surface area contributed by atoms with E-state index in [2.05, 4.69) is 52.3 Å². The van der Waals surface area contributed by atoms with Crippen LogP contribution in [0.3, 0.4) is 0 Å². The molecule has 0 saturated carbocycles. The van der Waals surface area contributed by atoms with Gasteiger partial charge in [0, 0.05) is 43.8 Å². The van der Waals surface area contributed by atoms with E-state index in [1.54, 1.807) is 0 Å². The molecule has 0 radical (unpaired) electrons. The number of rotatable bonds is 2. The van der Waals surface area contributed by atoms with Crippen LogP contribution in [0.15, 0.2) is 30.5 Å². The van der Waals surface area contributed by atoms with Crippen LogP contribution in [0.5, 0.6) is 0 Å². The molecule has 3 rings (SSSR count). The van der Waals surface area contributed by atoms with E-state index in [4.69, 9.17) is 0 Å². The van der Waals surface area contributed by atoms with Gasteiger partial charge in [-0.15, -0.1) is 0 Å². The summed E-state index contributed by atoms with van der Waals surface area (Å²) >= 11 is 0. The summed E-state index contributed by atoms with van der Waals surface area (Å²) in [6.45, 7) is 5.71. The van der Waals surface area contributed by atoms with Crippen molar-refractivity contribution in [1.29, 1.82) is 0 Å². The number of para-hydroxylation sites is 1. The van der Waals surface area contributed by atoms with E-state index >= 15 is 0 Å². The highest BCUT2D eigenvalue weighted by molar-refractivity contribution is 5.83. The van der Waals surface area contributed by atoms with Gasteiger partial charge in [-0.25, -0.2) is 0 Å². The van der Waals surface area contributed by atoms with E-state index in [1.165, 1.54) is 29.4 Å². The van der Waals surface area contributed by atoms with Crippen molar-refractivity contribution in [3.8, 4) is 0 Å². The summed E-state index contributed by atoms with van der Waals surface area (Å²) in [6.07, 6.45) is 3.54. The second-order valence-corrected chi connectivity index (χ2v) is 5.16. The Bertz CT molecular complexity index is 522. The number of nitrogens with one attached hydrogen (secondary N) is 1. The maximum atomic E-state index is 3.46. The van der Waals surface area contributed by atoms with Crippen LogP contribution >= 0.6 is 0 Å². The Labute approximate surface area is 108 Å². The van der Waals surface area contributed by atoms with Crippen LogP contribution in [-0.2, 0) is 13.6 Å². The molecule has 2 aromatic rings. The van der Waals surface area contributed by atoms with Crippen LogP contribution in [0, 0.1) is 0 Å². The predicted molar refractivity (Wildman–Crippen MR) is 75.7 cm³/mol. The van der Waals surface area contributed by atoms with E-state index in [-0.39, 0.29) is 0 Å². The Morgan fingerprint density at radius 1 is 1.17 bits per heavy atom. The third-order valence-electron chi connectivity index (χ3n) is 3.81. The molecule has 0 spiro atoms. The zero-order chi connectivity index (χ0) is 12.4. The first-order chi connectivity index (χ1) is 8.84. The average Bonchev–Trinajstić information content (AvgIpc) is 2.58. The molecular weight excluding hydrogens is 222 g/mol. The third kappa shape index (κ3) is 2.28. The van der Waals surface area contributed by atoms with Gasteiger partial charge in [-0.3, -0.25) is 4.90 Å². The minimum atomic E-state index is 1.07. The zero-order valence-corrected chi connectivity index (χ0v) is 11.0. The lowest BCUT2D eigenvalue weighted by Gasteiger charge is -2.18. The zero-order valence-electron chi connectivity index (χ0n) is 11.0. The largest absolute Gasteiger partial charge is 0.350 e. The molecule has 2 heterocycles. The number of hydrogen-bond acceptors (Lipinski definition) is 2. The number of aryl methyl sites for hydroxylation is 1. The van der Waals surface area contributed by atoms with Gasteiger partial charge in [0.05, 0.1) is 0 Å². The lowest BCUT2D eigenvalue weighted by atomic mass is 10.1. The molecule has 0 atom stereocenters. The molecule has 1 aliphatic rings. The summed E-state index contributed by atoms with van der Waals surface area (Å²) < 4.78 is 2.24. The molecule has 3 nitrogen and oxygen atoms in total. The van der Waals surface area contributed by atoms with E-state index in [0.29, 0.717) is 0 Å². The van der Waals surface area contributed by atoms with Crippen molar-refractivity contribution in [3.05, 3.63) is 36.0 Å². The summed E-state index contributed by atoms with van der Waals surface area (Å²) in [5.41, 5.74) is 2.79. The van der Waals surface area contributed by atoms with Crippen molar-refractivity contribution in [3.63, 3.8) is 0 Å². The molecule has 3 heteroatoms. The minimum Gasteiger partial charge on any atom is -0.350 e. The Morgan fingerprint density at radius 3 is 3.00 bits per heavy atom. The Hall–Kier alpha value is -1.32. The van der Waals surface area contributed by atoms with Gasteiger partial charge < -0.3 is 9.88 Å². The molecule has 0 bridgehead atoms. The van der Waals surface area contributed by atoms with Crippen LogP contribution in [0.2, 0.25) is 0 Å².